The van der Waals surface area contributed by atoms with Crippen molar-refractivity contribution in [3.8, 4) is 0 Å². The molecule has 4 atom stereocenters. The lowest BCUT2D eigenvalue weighted by molar-refractivity contribution is -0.136. The van der Waals surface area contributed by atoms with E-state index in [4.69, 9.17) is 14.2 Å². The van der Waals surface area contributed by atoms with Gasteiger partial charge in [0.1, 0.15) is 12.1 Å². The van der Waals surface area contributed by atoms with Crippen molar-refractivity contribution in [3.05, 3.63) is 59.7 Å². The molecule has 1 saturated heterocycles. The molecule has 2 aromatic carbocycles. The molecule has 13 nitrogen and oxygen atoms in total. The van der Waals surface area contributed by atoms with E-state index in [1.54, 1.807) is 24.3 Å². The summed E-state index contributed by atoms with van der Waals surface area (Å²) >= 11 is 0. The molecule has 2 amide bonds. The first-order valence-corrected chi connectivity index (χ1v) is 20.7. The third-order valence-electron chi connectivity index (χ3n) is 9.20. The van der Waals surface area contributed by atoms with Crippen LogP contribution in [0.5, 0.6) is 0 Å². The van der Waals surface area contributed by atoms with Crippen LogP contribution in [-0.4, -0.2) is 116 Å². The van der Waals surface area contributed by atoms with Crippen molar-refractivity contribution in [2.45, 2.75) is 76.3 Å². The minimum atomic E-state index is -3.98. The van der Waals surface area contributed by atoms with Gasteiger partial charge in [-0.2, -0.15) is 9.44 Å². The molecule has 0 saturated carbocycles. The molecule has 2 N–H and O–H groups in total. The molecule has 2 aromatic rings. The summed E-state index contributed by atoms with van der Waals surface area (Å²) in [6.45, 7) is 13.1. The van der Waals surface area contributed by atoms with Crippen LogP contribution in [0.2, 0.25) is 0 Å². The summed E-state index contributed by atoms with van der Waals surface area (Å²) in [5.41, 5.74) is 1.84. The quantitative estimate of drug-likeness (QED) is 0.332. The Hall–Kier alpha value is -2.92. The van der Waals surface area contributed by atoms with Gasteiger partial charge in [0, 0.05) is 26.2 Å². The van der Waals surface area contributed by atoms with Gasteiger partial charge < -0.3 is 24.0 Å². The van der Waals surface area contributed by atoms with E-state index in [-0.39, 0.29) is 99.3 Å². The Morgan fingerprint density at radius 1 is 0.588 bits per heavy atom. The largest absolute Gasteiger partial charge is 0.378 e. The number of amides is 2. The average molecular weight is 753 g/mol. The number of sulfonamides is 2. The predicted octanol–water partition coefficient (Wildman–Crippen LogP) is 3.11. The van der Waals surface area contributed by atoms with Crippen molar-refractivity contribution < 1.29 is 40.6 Å². The summed E-state index contributed by atoms with van der Waals surface area (Å²) in [6, 6.07) is 10.9. The minimum absolute atomic E-state index is 0.0792. The Labute approximate surface area is 304 Å². The highest BCUT2D eigenvalue weighted by atomic mass is 32.2. The summed E-state index contributed by atoms with van der Waals surface area (Å²) in [5, 5.41) is 0. The lowest BCUT2D eigenvalue weighted by Crippen LogP contribution is -2.53. The van der Waals surface area contributed by atoms with E-state index in [1.165, 1.54) is 34.1 Å². The normalized spacial score (nSPS) is 18.5. The van der Waals surface area contributed by atoms with Crippen LogP contribution in [-0.2, 0) is 43.8 Å². The number of ether oxygens (including phenoxy) is 3. The molecule has 1 aliphatic heterocycles. The van der Waals surface area contributed by atoms with Gasteiger partial charge in [0.2, 0.25) is 31.9 Å². The lowest BCUT2D eigenvalue weighted by atomic mass is 9.99. The summed E-state index contributed by atoms with van der Waals surface area (Å²) in [5.74, 6) is -1.37. The van der Waals surface area contributed by atoms with Gasteiger partial charge in [0.25, 0.3) is 0 Å². The maximum absolute atomic E-state index is 14.0. The van der Waals surface area contributed by atoms with Crippen molar-refractivity contribution in [1.82, 2.24) is 19.2 Å². The van der Waals surface area contributed by atoms with Crippen LogP contribution >= 0.6 is 0 Å². The van der Waals surface area contributed by atoms with E-state index < -0.39 is 32.1 Å². The smallest absolute Gasteiger partial charge is 0.241 e. The fourth-order valence-electron chi connectivity index (χ4n) is 5.38. The van der Waals surface area contributed by atoms with E-state index in [0.29, 0.717) is 12.8 Å². The molecule has 1 aliphatic rings. The second kappa shape index (κ2) is 20.4. The molecule has 0 bridgehead atoms. The monoisotopic (exact) mass is 752 g/mol. The van der Waals surface area contributed by atoms with E-state index in [0.717, 1.165) is 11.1 Å². The van der Waals surface area contributed by atoms with E-state index in [2.05, 4.69) is 9.44 Å². The van der Waals surface area contributed by atoms with Crippen molar-refractivity contribution in [1.29, 1.82) is 0 Å². The first kappa shape index (κ1) is 42.5. The third-order valence-corrected chi connectivity index (χ3v) is 12.1. The zero-order chi connectivity index (χ0) is 37.6. The van der Waals surface area contributed by atoms with Crippen LogP contribution in [0.4, 0.5) is 0 Å². The van der Waals surface area contributed by atoms with Gasteiger partial charge >= 0.3 is 0 Å². The number of hydrogen-bond donors (Lipinski definition) is 2. The summed E-state index contributed by atoms with van der Waals surface area (Å²) in [4.78, 5) is 31.1. The van der Waals surface area contributed by atoms with E-state index in [9.17, 15) is 26.4 Å². The van der Waals surface area contributed by atoms with Crippen molar-refractivity contribution in [2.75, 3.05) is 65.8 Å². The number of carbonyl (C=O) groups excluding carboxylic acids is 2. The Morgan fingerprint density at radius 3 is 1.18 bits per heavy atom. The van der Waals surface area contributed by atoms with Crippen molar-refractivity contribution in [3.63, 3.8) is 0 Å². The standard InChI is InChI=1S/C36H56N4O9S2/c1-7-29(5)33(37-50(43,44)31-13-9-27(3)10-14-31)35(41)39-17-21-47-22-18-40(20-24-49-26-25-48-23-19-39)36(42)34(30(6)8-2)38-51(45,46)32-15-11-28(4)12-16-32/h9-16,29-30,33-34,37-38H,7-8,17-26H2,1-6H3/t29-,30+,33-,34-/m0/s1. The number of benzene rings is 2. The molecule has 0 unspecified atom stereocenters. The number of carbonyl (C=O) groups is 2. The predicted molar refractivity (Wildman–Crippen MR) is 195 cm³/mol. The Bertz CT molecular complexity index is 1480. The van der Waals surface area contributed by atoms with Crippen molar-refractivity contribution in [2.24, 2.45) is 11.8 Å². The van der Waals surface area contributed by atoms with Gasteiger partial charge in [-0.3, -0.25) is 9.59 Å². The topological polar surface area (TPSA) is 161 Å². The maximum atomic E-state index is 14.0. The van der Waals surface area contributed by atoms with Crippen LogP contribution in [0.25, 0.3) is 0 Å². The molecule has 15 heteroatoms. The summed E-state index contributed by atoms with van der Waals surface area (Å²) in [6.07, 6.45) is 1.13. The molecule has 51 heavy (non-hydrogen) atoms. The fraction of sp³-hybridized carbons (Fsp3) is 0.611. The van der Waals surface area contributed by atoms with Gasteiger partial charge in [-0.1, -0.05) is 75.9 Å². The Morgan fingerprint density at radius 2 is 0.882 bits per heavy atom. The first-order chi connectivity index (χ1) is 24.2. The van der Waals surface area contributed by atoms with Gasteiger partial charge in [-0.05, 0) is 49.9 Å². The van der Waals surface area contributed by atoms with Crippen LogP contribution < -0.4 is 9.44 Å². The van der Waals surface area contributed by atoms with Crippen molar-refractivity contribution >= 4 is 31.9 Å². The van der Waals surface area contributed by atoms with E-state index in [1.807, 2.05) is 41.5 Å². The van der Waals surface area contributed by atoms with Crippen LogP contribution in [0.15, 0.2) is 58.3 Å². The van der Waals surface area contributed by atoms with Gasteiger partial charge in [0.05, 0.1) is 49.4 Å². The number of rotatable bonds is 12. The van der Waals surface area contributed by atoms with Gasteiger partial charge in [-0.25, -0.2) is 16.8 Å². The molecular weight excluding hydrogens is 697 g/mol. The number of aryl methyl sites for hydroxylation is 2. The molecular formula is C36H56N4O9S2. The Kier molecular flexibility index (Phi) is 17.0. The van der Waals surface area contributed by atoms with Crippen LogP contribution in [0, 0.1) is 25.7 Å². The SMILES string of the molecule is CC[C@@H](C)[C@H](NS(=O)(=O)c1ccc(C)cc1)C(=O)N1CCOCCOCCN(C(=O)[C@@H](NS(=O)(=O)c2ccc(C)cc2)[C@@H](C)CC)CCOCC1. The van der Waals surface area contributed by atoms with E-state index >= 15 is 0 Å². The molecule has 1 fully saturated rings. The minimum Gasteiger partial charge on any atom is -0.378 e. The lowest BCUT2D eigenvalue weighted by Gasteiger charge is -2.31. The molecule has 0 radical (unpaired) electrons. The maximum Gasteiger partial charge on any atom is 0.241 e. The third kappa shape index (κ3) is 12.9. The number of hydrogen-bond acceptors (Lipinski definition) is 9. The second-order valence-corrected chi connectivity index (χ2v) is 16.5. The highest BCUT2D eigenvalue weighted by Crippen LogP contribution is 2.19. The zero-order valence-electron chi connectivity index (χ0n) is 30.8. The first-order valence-electron chi connectivity index (χ1n) is 17.7. The second-order valence-electron chi connectivity index (χ2n) is 13.1. The molecule has 3 rings (SSSR count). The fourth-order valence-corrected chi connectivity index (χ4v) is 7.97. The van der Waals surface area contributed by atoms with Crippen LogP contribution in [0.3, 0.4) is 0 Å². The molecule has 0 spiro atoms. The Balaban J connectivity index is 1.74. The van der Waals surface area contributed by atoms with Gasteiger partial charge in [0.15, 0.2) is 0 Å². The molecule has 286 valence electrons. The highest BCUT2D eigenvalue weighted by Gasteiger charge is 2.34. The molecule has 1 heterocycles. The average Bonchev–Trinajstić information content (AvgIpc) is 3.12. The number of nitrogens with one attached hydrogen (secondary N) is 2. The highest BCUT2D eigenvalue weighted by molar-refractivity contribution is 7.89. The molecule has 0 aromatic heterocycles. The summed E-state index contributed by atoms with van der Waals surface area (Å²) < 4.78 is 76.0. The molecule has 0 aliphatic carbocycles. The summed E-state index contributed by atoms with van der Waals surface area (Å²) in [7, 11) is -7.97. The van der Waals surface area contributed by atoms with Gasteiger partial charge in [-0.15, -0.1) is 0 Å². The zero-order valence-corrected chi connectivity index (χ0v) is 32.4. The van der Waals surface area contributed by atoms with Crippen LogP contribution in [0.1, 0.15) is 51.7 Å². The number of nitrogens with zero attached hydrogens (tertiary/aromatic N) is 2.